The number of rotatable bonds is 1. The van der Waals surface area contributed by atoms with E-state index < -0.39 is 20.8 Å². The highest BCUT2D eigenvalue weighted by molar-refractivity contribution is 7.95. The number of para-hydroxylation sites is 1. The fraction of sp³-hybridized carbons (Fsp3) is 0.167. The number of nitrogens with two attached hydrogens (primary N) is 1. The molecule has 0 saturated carbocycles. The van der Waals surface area contributed by atoms with Gasteiger partial charge in [-0.2, -0.15) is 12.8 Å². The Hall–Kier alpha value is -2.15. The minimum atomic E-state index is -3.94. The van der Waals surface area contributed by atoms with Crippen LogP contribution in [0.15, 0.2) is 39.3 Å². The Balaban J connectivity index is 2.03. The summed E-state index contributed by atoms with van der Waals surface area (Å²) in [5.41, 5.74) is 7.20. The molecular weight excluding hydrogens is 266 g/mol. The number of carbonyl (C=O) groups excluding carboxylic acids is 1. The van der Waals surface area contributed by atoms with Gasteiger partial charge in [-0.15, -0.1) is 0 Å². The second-order valence-electron chi connectivity index (χ2n) is 4.33. The van der Waals surface area contributed by atoms with Crippen LogP contribution in [0.5, 0.6) is 0 Å². The quantitative estimate of drug-likeness (QED) is 0.791. The van der Waals surface area contributed by atoms with E-state index in [4.69, 9.17) is 5.73 Å². The van der Waals surface area contributed by atoms with Crippen molar-refractivity contribution in [3.05, 3.63) is 40.4 Å². The van der Waals surface area contributed by atoms with Gasteiger partial charge >= 0.3 is 0 Å². The molecule has 2 heterocycles. The average molecular weight is 277 g/mol. The third kappa shape index (κ3) is 1.74. The van der Waals surface area contributed by atoms with Gasteiger partial charge in [0.15, 0.2) is 4.91 Å². The Morgan fingerprint density at radius 3 is 2.74 bits per heavy atom. The van der Waals surface area contributed by atoms with Crippen molar-refractivity contribution >= 4 is 27.8 Å². The predicted octanol–water partition coefficient (Wildman–Crippen LogP) is 0.160. The summed E-state index contributed by atoms with van der Waals surface area (Å²) in [5.74, 6) is -0.611. The van der Waals surface area contributed by atoms with Crippen molar-refractivity contribution in [1.82, 2.24) is 0 Å². The number of fused-ring (bicyclic) bond motifs is 1. The van der Waals surface area contributed by atoms with Gasteiger partial charge in [0.1, 0.15) is 0 Å². The molecule has 19 heavy (non-hydrogen) atoms. The Morgan fingerprint density at radius 1 is 1.32 bits per heavy atom. The van der Waals surface area contributed by atoms with Crippen LogP contribution in [0.25, 0.3) is 0 Å². The fourth-order valence-electron chi connectivity index (χ4n) is 2.29. The second-order valence-corrected chi connectivity index (χ2v) is 5.90. The molecule has 2 aliphatic rings. The fourth-order valence-corrected chi connectivity index (χ4v) is 3.33. The van der Waals surface area contributed by atoms with E-state index in [-0.39, 0.29) is 5.70 Å². The van der Waals surface area contributed by atoms with E-state index in [0.717, 1.165) is 17.5 Å². The zero-order valence-electron chi connectivity index (χ0n) is 9.91. The number of nitrogens with zero attached hydrogens (tertiary/aromatic N) is 2. The first-order chi connectivity index (χ1) is 9.00. The van der Waals surface area contributed by atoms with Crippen molar-refractivity contribution in [2.24, 2.45) is 10.1 Å². The van der Waals surface area contributed by atoms with E-state index in [9.17, 15) is 13.2 Å². The molecule has 0 fully saturated rings. The minimum Gasteiger partial charge on any atom is -0.396 e. The Morgan fingerprint density at radius 2 is 2.05 bits per heavy atom. The number of benzene rings is 1. The summed E-state index contributed by atoms with van der Waals surface area (Å²) in [6.45, 7) is 0.449. The van der Waals surface area contributed by atoms with Crippen molar-refractivity contribution in [2.75, 3.05) is 11.4 Å². The molecule has 2 N–H and O–H groups in total. The number of hydrogen-bond acceptors (Lipinski definition) is 4. The normalized spacial score (nSPS) is 19.9. The van der Waals surface area contributed by atoms with Crippen LogP contribution in [-0.2, 0) is 21.2 Å². The maximum atomic E-state index is 12.4. The average Bonchev–Trinajstić information content (AvgIpc) is 2.90. The standard InChI is InChI=1S/C12H11N3O3S/c13-9-7-14-19(17,18)11(9)12(16)15-6-5-8-3-1-2-4-10(8)15/h1-4,7H,5-6,13H2. The topological polar surface area (TPSA) is 92.8 Å². The van der Waals surface area contributed by atoms with E-state index in [1.165, 1.54) is 4.90 Å². The molecule has 0 radical (unpaired) electrons. The number of hydrogen-bond donors (Lipinski definition) is 1. The van der Waals surface area contributed by atoms with E-state index in [2.05, 4.69) is 4.40 Å². The summed E-state index contributed by atoms with van der Waals surface area (Å²) >= 11 is 0. The molecule has 6 nitrogen and oxygen atoms in total. The molecule has 98 valence electrons. The van der Waals surface area contributed by atoms with Crippen LogP contribution in [0.3, 0.4) is 0 Å². The molecular formula is C12H11N3O3S. The van der Waals surface area contributed by atoms with Crippen LogP contribution in [0.4, 0.5) is 5.69 Å². The summed E-state index contributed by atoms with van der Waals surface area (Å²) in [4.78, 5) is 13.4. The highest BCUT2D eigenvalue weighted by Gasteiger charge is 2.36. The van der Waals surface area contributed by atoms with Gasteiger partial charge in [-0.3, -0.25) is 4.79 Å². The summed E-state index contributed by atoms with van der Waals surface area (Å²) < 4.78 is 26.7. The van der Waals surface area contributed by atoms with Crippen molar-refractivity contribution in [3.8, 4) is 0 Å². The van der Waals surface area contributed by atoms with Crippen LogP contribution in [0.1, 0.15) is 5.56 Å². The third-order valence-corrected chi connectivity index (χ3v) is 4.49. The number of amides is 1. The summed E-state index contributed by atoms with van der Waals surface area (Å²) in [6, 6.07) is 7.40. The van der Waals surface area contributed by atoms with Crippen LogP contribution in [0, 0.1) is 0 Å². The van der Waals surface area contributed by atoms with Crippen molar-refractivity contribution in [2.45, 2.75) is 6.42 Å². The molecule has 0 aromatic heterocycles. The third-order valence-electron chi connectivity index (χ3n) is 3.18. The van der Waals surface area contributed by atoms with Gasteiger partial charge in [-0.25, -0.2) is 0 Å². The van der Waals surface area contributed by atoms with Gasteiger partial charge in [-0.05, 0) is 18.1 Å². The highest BCUT2D eigenvalue weighted by Crippen LogP contribution is 2.30. The lowest BCUT2D eigenvalue weighted by molar-refractivity contribution is -0.114. The molecule has 1 amide bonds. The largest absolute Gasteiger partial charge is 0.396 e. The van der Waals surface area contributed by atoms with Gasteiger partial charge in [0, 0.05) is 12.2 Å². The molecule has 0 saturated heterocycles. The van der Waals surface area contributed by atoms with E-state index in [0.29, 0.717) is 13.0 Å². The Kier molecular flexibility index (Phi) is 2.46. The van der Waals surface area contributed by atoms with Crippen molar-refractivity contribution < 1.29 is 13.2 Å². The molecule has 0 atom stereocenters. The van der Waals surface area contributed by atoms with Crippen LogP contribution >= 0.6 is 0 Å². The van der Waals surface area contributed by atoms with Crippen LogP contribution < -0.4 is 10.6 Å². The van der Waals surface area contributed by atoms with E-state index in [1.54, 1.807) is 6.07 Å². The summed E-state index contributed by atoms with van der Waals surface area (Å²) in [7, 11) is -3.94. The van der Waals surface area contributed by atoms with Gasteiger partial charge < -0.3 is 10.6 Å². The first-order valence-corrected chi connectivity index (χ1v) is 7.14. The molecule has 0 aliphatic carbocycles. The molecule has 1 aromatic rings. The van der Waals surface area contributed by atoms with E-state index >= 15 is 0 Å². The smallest absolute Gasteiger partial charge is 0.289 e. The second kappa shape index (κ2) is 3.92. The van der Waals surface area contributed by atoms with Gasteiger partial charge in [-0.1, -0.05) is 18.2 Å². The molecule has 1 aromatic carbocycles. The van der Waals surface area contributed by atoms with Crippen LogP contribution in [-0.4, -0.2) is 27.1 Å². The maximum Gasteiger partial charge on any atom is 0.289 e. The Bertz CT molecular complexity index is 734. The molecule has 2 aliphatic heterocycles. The summed E-state index contributed by atoms with van der Waals surface area (Å²) in [6.07, 6.45) is 1.71. The van der Waals surface area contributed by atoms with Crippen molar-refractivity contribution in [3.63, 3.8) is 0 Å². The monoisotopic (exact) mass is 277 g/mol. The number of carbonyl (C=O) groups is 1. The zero-order chi connectivity index (χ0) is 13.6. The number of anilines is 1. The SMILES string of the molecule is NC1=C(C(=O)N2CCc3ccccc32)S(=O)(=O)N=C1. The molecule has 0 bridgehead atoms. The van der Waals surface area contributed by atoms with Gasteiger partial charge in [0.05, 0.1) is 11.9 Å². The first kappa shape index (κ1) is 11.9. The lowest BCUT2D eigenvalue weighted by Crippen LogP contribution is -2.33. The highest BCUT2D eigenvalue weighted by atomic mass is 32.2. The lowest BCUT2D eigenvalue weighted by Gasteiger charge is -2.17. The van der Waals surface area contributed by atoms with Crippen LogP contribution in [0.2, 0.25) is 0 Å². The number of sulfonamides is 1. The van der Waals surface area contributed by atoms with Gasteiger partial charge in [0.25, 0.3) is 15.9 Å². The summed E-state index contributed by atoms with van der Waals surface area (Å²) in [5, 5.41) is 0. The Labute approximate surface area is 110 Å². The first-order valence-electron chi connectivity index (χ1n) is 5.70. The lowest BCUT2D eigenvalue weighted by atomic mass is 10.2. The maximum absolute atomic E-state index is 12.4. The molecule has 0 unspecified atom stereocenters. The molecule has 7 heteroatoms. The zero-order valence-corrected chi connectivity index (χ0v) is 10.7. The predicted molar refractivity (Wildman–Crippen MR) is 71.1 cm³/mol. The molecule has 0 spiro atoms. The van der Waals surface area contributed by atoms with Gasteiger partial charge in [0.2, 0.25) is 0 Å². The van der Waals surface area contributed by atoms with E-state index in [1.807, 2.05) is 18.2 Å². The molecule has 3 rings (SSSR count). The minimum absolute atomic E-state index is 0.102. The van der Waals surface area contributed by atoms with Crippen molar-refractivity contribution in [1.29, 1.82) is 0 Å². The number of allylic oxidation sites excluding steroid dienone is 1.